The van der Waals surface area contributed by atoms with Gasteiger partial charge in [0.25, 0.3) is 5.69 Å². The molecule has 0 spiro atoms. The van der Waals surface area contributed by atoms with Gasteiger partial charge in [0.05, 0.1) is 11.0 Å². The van der Waals surface area contributed by atoms with Gasteiger partial charge in [0, 0.05) is 6.04 Å². The molecule has 0 atom stereocenters. The average molecular weight is 226 g/mol. The van der Waals surface area contributed by atoms with Crippen LogP contribution in [0.2, 0.25) is 0 Å². The van der Waals surface area contributed by atoms with E-state index in [1.807, 2.05) is 13.8 Å². The number of benzene rings is 1. The maximum atomic E-state index is 12.9. The summed E-state index contributed by atoms with van der Waals surface area (Å²) in [7, 11) is 0. The third-order valence-electron chi connectivity index (χ3n) is 2.50. The Morgan fingerprint density at radius 3 is 2.56 bits per heavy atom. The summed E-state index contributed by atoms with van der Waals surface area (Å²) >= 11 is 0. The molecule has 0 bridgehead atoms. The summed E-state index contributed by atoms with van der Waals surface area (Å²) in [5, 5.41) is 13.8. The maximum absolute atomic E-state index is 12.9. The SMILES string of the molecule is CCC(CC)Nc1ccc(F)cc1[N+](=O)[O-]. The van der Waals surface area contributed by atoms with E-state index < -0.39 is 10.7 Å². The van der Waals surface area contributed by atoms with Crippen molar-refractivity contribution in [1.29, 1.82) is 0 Å². The van der Waals surface area contributed by atoms with E-state index in [2.05, 4.69) is 5.32 Å². The summed E-state index contributed by atoms with van der Waals surface area (Å²) in [6, 6.07) is 3.73. The third kappa shape index (κ3) is 2.92. The van der Waals surface area contributed by atoms with E-state index >= 15 is 0 Å². The van der Waals surface area contributed by atoms with Gasteiger partial charge in [-0.3, -0.25) is 10.1 Å². The van der Waals surface area contributed by atoms with Crippen LogP contribution in [0.5, 0.6) is 0 Å². The molecule has 0 fully saturated rings. The normalized spacial score (nSPS) is 10.5. The van der Waals surface area contributed by atoms with Crippen LogP contribution in [0, 0.1) is 15.9 Å². The van der Waals surface area contributed by atoms with Gasteiger partial charge in [0.2, 0.25) is 0 Å². The zero-order chi connectivity index (χ0) is 12.1. The van der Waals surface area contributed by atoms with Crippen LogP contribution in [0.15, 0.2) is 18.2 Å². The summed E-state index contributed by atoms with van der Waals surface area (Å²) in [5.74, 6) is -0.596. The molecule has 0 saturated carbocycles. The Hall–Kier alpha value is -1.65. The van der Waals surface area contributed by atoms with Crippen LogP contribution in [-0.4, -0.2) is 11.0 Å². The van der Waals surface area contributed by atoms with Crippen molar-refractivity contribution in [2.75, 3.05) is 5.32 Å². The van der Waals surface area contributed by atoms with Crippen molar-refractivity contribution in [3.05, 3.63) is 34.1 Å². The van der Waals surface area contributed by atoms with Gasteiger partial charge in [-0.2, -0.15) is 0 Å². The lowest BCUT2D eigenvalue weighted by atomic mass is 10.1. The maximum Gasteiger partial charge on any atom is 0.295 e. The number of nitro groups is 1. The zero-order valence-corrected chi connectivity index (χ0v) is 9.37. The molecule has 1 aromatic rings. The minimum Gasteiger partial charge on any atom is -0.377 e. The summed E-state index contributed by atoms with van der Waals surface area (Å²) in [6.07, 6.45) is 1.73. The number of hydrogen-bond acceptors (Lipinski definition) is 3. The lowest BCUT2D eigenvalue weighted by Gasteiger charge is -2.15. The van der Waals surface area contributed by atoms with Crippen LogP contribution >= 0.6 is 0 Å². The van der Waals surface area contributed by atoms with Crippen LogP contribution in [0.4, 0.5) is 15.8 Å². The van der Waals surface area contributed by atoms with Gasteiger partial charge in [0.15, 0.2) is 0 Å². The Labute approximate surface area is 93.6 Å². The second kappa shape index (κ2) is 5.44. The van der Waals surface area contributed by atoms with E-state index in [9.17, 15) is 14.5 Å². The Morgan fingerprint density at radius 1 is 1.44 bits per heavy atom. The molecule has 0 heterocycles. The highest BCUT2D eigenvalue weighted by molar-refractivity contribution is 5.61. The lowest BCUT2D eigenvalue weighted by molar-refractivity contribution is -0.384. The van der Waals surface area contributed by atoms with Crippen molar-refractivity contribution in [1.82, 2.24) is 0 Å². The van der Waals surface area contributed by atoms with Gasteiger partial charge in [-0.05, 0) is 25.0 Å². The second-order valence-electron chi connectivity index (χ2n) is 3.58. The Bertz CT molecular complexity index is 378. The zero-order valence-electron chi connectivity index (χ0n) is 9.37. The molecule has 0 amide bonds. The Balaban J connectivity index is 2.98. The molecule has 5 heteroatoms. The number of nitrogens with zero attached hydrogens (tertiary/aromatic N) is 1. The van der Waals surface area contributed by atoms with E-state index in [1.54, 1.807) is 0 Å². The molecule has 16 heavy (non-hydrogen) atoms. The van der Waals surface area contributed by atoms with E-state index in [-0.39, 0.29) is 11.7 Å². The van der Waals surface area contributed by atoms with E-state index in [0.29, 0.717) is 5.69 Å². The molecule has 0 saturated heterocycles. The standard InChI is InChI=1S/C11H15FN2O2/c1-3-9(4-2)13-10-6-5-8(12)7-11(10)14(15)16/h5-7,9,13H,3-4H2,1-2H3. The van der Waals surface area contributed by atoms with Crippen molar-refractivity contribution in [3.8, 4) is 0 Å². The molecule has 1 N–H and O–H groups in total. The fraction of sp³-hybridized carbons (Fsp3) is 0.455. The summed E-state index contributed by atoms with van der Waals surface area (Å²) < 4.78 is 12.9. The number of rotatable bonds is 5. The molecule has 0 unspecified atom stereocenters. The summed E-state index contributed by atoms with van der Waals surface area (Å²) in [4.78, 5) is 10.2. The average Bonchev–Trinajstić information content (AvgIpc) is 2.27. The van der Waals surface area contributed by atoms with Crippen LogP contribution in [0.1, 0.15) is 26.7 Å². The summed E-state index contributed by atoms with van der Waals surface area (Å²) in [6.45, 7) is 3.99. The van der Waals surface area contributed by atoms with Crippen molar-refractivity contribution < 1.29 is 9.31 Å². The smallest absolute Gasteiger partial charge is 0.295 e. The predicted molar refractivity (Wildman–Crippen MR) is 61.0 cm³/mol. The molecular formula is C11H15FN2O2. The van der Waals surface area contributed by atoms with Gasteiger partial charge in [-0.25, -0.2) is 4.39 Å². The quantitative estimate of drug-likeness (QED) is 0.618. The Morgan fingerprint density at radius 2 is 2.06 bits per heavy atom. The largest absolute Gasteiger partial charge is 0.377 e. The number of nitrogens with one attached hydrogen (secondary N) is 1. The first kappa shape index (κ1) is 12.4. The number of halogens is 1. The van der Waals surface area contributed by atoms with E-state index in [4.69, 9.17) is 0 Å². The second-order valence-corrected chi connectivity index (χ2v) is 3.58. The van der Waals surface area contributed by atoms with Crippen LogP contribution in [0.25, 0.3) is 0 Å². The van der Waals surface area contributed by atoms with Crippen molar-refractivity contribution in [3.63, 3.8) is 0 Å². The fourth-order valence-corrected chi connectivity index (χ4v) is 1.49. The van der Waals surface area contributed by atoms with E-state index in [1.165, 1.54) is 12.1 Å². The highest BCUT2D eigenvalue weighted by atomic mass is 19.1. The topological polar surface area (TPSA) is 55.2 Å². The van der Waals surface area contributed by atoms with Crippen molar-refractivity contribution in [2.45, 2.75) is 32.7 Å². The lowest BCUT2D eigenvalue weighted by Crippen LogP contribution is -2.17. The number of nitro benzene ring substituents is 1. The number of anilines is 1. The predicted octanol–water partition coefficient (Wildman–Crippen LogP) is 3.33. The van der Waals surface area contributed by atoms with Crippen molar-refractivity contribution >= 4 is 11.4 Å². The van der Waals surface area contributed by atoms with Crippen LogP contribution in [-0.2, 0) is 0 Å². The highest BCUT2D eigenvalue weighted by Gasteiger charge is 2.16. The first-order chi connectivity index (χ1) is 7.58. The van der Waals surface area contributed by atoms with Gasteiger partial charge in [0.1, 0.15) is 11.5 Å². The van der Waals surface area contributed by atoms with E-state index in [0.717, 1.165) is 18.9 Å². The molecule has 0 aliphatic carbocycles. The molecule has 4 nitrogen and oxygen atoms in total. The molecule has 0 aliphatic rings. The third-order valence-corrected chi connectivity index (χ3v) is 2.50. The Kier molecular flexibility index (Phi) is 4.22. The number of hydrogen-bond donors (Lipinski definition) is 1. The first-order valence-electron chi connectivity index (χ1n) is 5.29. The van der Waals surface area contributed by atoms with Gasteiger partial charge < -0.3 is 5.32 Å². The van der Waals surface area contributed by atoms with Gasteiger partial charge in [-0.15, -0.1) is 0 Å². The van der Waals surface area contributed by atoms with Gasteiger partial charge in [-0.1, -0.05) is 13.8 Å². The van der Waals surface area contributed by atoms with Crippen molar-refractivity contribution in [2.24, 2.45) is 0 Å². The highest BCUT2D eigenvalue weighted by Crippen LogP contribution is 2.26. The summed E-state index contributed by atoms with van der Waals surface area (Å²) in [5.41, 5.74) is 0.159. The van der Waals surface area contributed by atoms with Gasteiger partial charge >= 0.3 is 0 Å². The minimum absolute atomic E-state index is 0.171. The first-order valence-corrected chi connectivity index (χ1v) is 5.29. The minimum atomic E-state index is -0.596. The molecular weight excluding hydrogens is 211 g/mol. The molecule has 0 radical (unpaired) electrons. The monoisotopic (exact) mass is 226 g/mol. The molecule has 1 rings (SSSR count). The van der Waals surface area contributed by atoms with Crippen LogP contribution in [0.3, 0.4) is 0 Å². The fourth-order valence-electron chi connectivity index (χ4n) is 1.49. The molecule has 0 aliphatic heterocycles. The van der Waals surface area contributed by atoms with Crippen LogP contribution < -0.4 is 5.32 Å². The molecule has 0 aromatic heterocycles. The molecule has 88 valence electrons. The molecule has 1 aromatic carbocycles.